The molecule has 2 saturated heterocycles. The molecule has 79 heavy (non-hydrogen) atoms. The zero-order chi connectivity index (χ0) is 56.8. The van der Waals surface area contributed by atoms with Gasteiger partial charge in [0, 0.05) is 86.1 Å². The Labute approximate surface area is 461 Å². The number of likely N-dealkylation sites (tertiary alicyclic amines) is 2. The first-order valence-corrected chi connectivity index (χ1v) is 27.7. The van der Waals surface area contributed by atoms with Gasteiger partial charge in [-0.3, -0.25) is 48.3 Å². The second-order valence-electron chi connectivity index (χ2n) is 20.5. The molecule has 2 aromatic carbocycles. The predicted octanol–water partition coefficient (Wildman–Crippen LogP) is 5.95. The Morgan fingerprint density at radius 3 is 1.30 bits per heavy atom. The van der Waals surface area contributed by atoms with Crippen LogP contribution in [0.4, 0.5) is 8.78 Å². The molecule has 0 spiro atoms. The summed E-state index contributed by atoms with van der Waals surface area (Å²) >= 11 is 0. The summed E-state index contributed by atoms with van der Waals surface area (Å²) in [4.78, 5) is 118. The summed E-state index contributed by atoms with van der Waals surface area (Å²) in [6.07, 6.45) is 14.3. The van der Waals surface area contributed by atoms with Crippen molar-refractivity contribution in [2.45, 2.75) is 146 Å². The lowest BCUT2D eigenvalue weighted by Gasteiger charge is -2.30. The first-order chi connectivity index (χ1) is 38.1. The molecule has 424 valence electrons. The Kier molecular flexibility index (Phi) is 23.7. The van der Waals surface area contributed by atoms with E-state index < -0.39 is 35.8 Å². The number of hydrogen-bond donors (Lipinski definition) is 6. The van der Waals surface area contributed by atoms with Gasteiger partial charge in [0.25, 0.3) is 0 Å². The van der Waals surface area contributed by atoms with Crippen LogP contribution >= 0.6 is 0 Å². The molecule has 0 saturated carbocycles. The third kappa shape index (κ3) is 17.8. The minimum absolute atomic E-state index is 0.114. The van der Waals surface area contributed by atoms with Crippen LogP contribution in [0.3, 0.4) is 0 Å². The number of aromatic nitrogens is 2. The number of nitrogens with zero attached hydrogens (tertiary/aromatic N) is 4. The van der Waals surface area contributed by atoms with E-state index in [1.807, 2.05) is 0 Å². The van der Waals surface area contributed by atoms with Crippen LogP contribution < -0.4 is 31.9 Å². The molecule has 4 heterocycles. The summed E-state index contributed by atoms with van der Waals surface area (Å²) < 4.78 is 27.0. The van der Waals surface area contributed by atoms with E-state index in [1.54, 1.807) is 62.3 Å². The van der Waals surface area contributed by atoms with Crippen molar-refractivity contribution >= 4 is 47.0 Å². The van der Waals surface area contributed by atoms with Gasteiger partial charge < -0.3 is 41.7 Å². The fraction of sp³-hybridized carbons (Fsp3) is 0.492. The number of hydrogen-bond acceptors (Lipinski definition) is 12. The molecule has 6 atom stereocenters. The molecule has 2 fully saturated rings. The third-order valence-electron chi connectivity index (χ3n) is 14.8. The predicted molar refractivity (Wildman–Crippen MR) is 293 cm³/mol. The average Bonchev–Trinajstić information content (AvgIpc) is 4.18. The molecule has 2 aliphatic rings. The van der Waals surface area contributed by atoms with Crippen molar-refractivity contribution < 1.29 is 47.1 Å². The fourth-order valence-electron chi connectivity index (χ4n) is 9.92. The van der Waals surface area contributed by atoms with Crippen LogP contribution in [0.1, 0.15) is 165 Å². The fourth-order valence-corrected chi connectivity index (χ4v) is 9.92. The summed E-state index contributed by atoms with van der Waals surface area (Å²) in [6.45, 7) is 5.12. The molecular formula is C59H76F2N10O8. The maximum absolute atomic E-state index is 14.2. The molecule has 4 aromatic rings. The zero-order valence-electron chi connectivity index (χ0n) is 45.8. The molecule has 2 aliphatic heterocycles. The van der Waals surface area contributed by atoms with Gasteiger partial charge in [-0.2, -0.15) is 0 Å². The van der Waals surface area contributed by atoms with E-state index in [0.717, 1.165) is 12.8 Å². The van der Waals surface area contributed by atoms with Crippen LogP contribution in [0.25, 0.3) is 0 Å². The van der Waals surface area contributed by atoms with Gasteiger partial charge >= 0.3 is 0 Å². The Hall–Kier alpha value is -7.32. The Bertz CT molecular complexity index is 2550. The van der Waals surface area contributed by atoms with E-state index in [1.165, 1.54) is 60.9 Å². The SMILES string of the molecule is CN[C@@H](C)C(=O)N[C@@H](CCCCNC(=O)CCCCCC(=O)NCCCC[C@H](NC(=O)[C@H](C)NC)C(=O)N1CCC[C@H]1c1cncc(C(=O)c2ccc(F)cc2)c1)C(=O)N1CCC[C@H]1c1cncc(C(=O)c2ccc(F)cc2)c1. The van der Waals surface area contributed by atoms with Crippen LogP contribution in [0, 0.1) is 11.6 Å². The summed E-state index contributed by atoms with van der Waals surface area (Å²) in [5, 5.41) is 17.6. The Morgan fingerprint density at radius 2 is 0.924 bits per heavy atom. The Balaban J connectivity index is 0.883. The highest BCUT2D eigenvalue weighted by molar-refractivity contribution is 6.09. The quantitative estimate of drug-likeness (QED) is 0.0262. The van der Waals surface area contributed by atoms with E-state index in [0.29, 0.717) is 143 Å². The summed E-state index contributed by atoms with van der Waals surface area (Å²) in [7, 11) is 3.32. The van der Waals surface area contributed by atoms with Crippen molar-refractivity contribution in [3.8, 4) is 0 Å². The van der Waals surface area contributed by atoms with Gasteiger partial charge in [-0.15, -0.1) is 0 Å². The first kappa shape index (κ1) is 60.9. The van der Waals surface area contributed by atoms with E-state index in [-0.39, 0.29) is 59.1 Å². The van der Waals surface area contributed by atoms with Gasteiger partial charge in [0.15, 0.2) is 11.6 Å². The van der Waals surface area contributed by atoms with Gasteiger partial charge in [0.2, 0.25) is 35.4 Å². The highest BCUT2D eigenvalue weighted by Crippen LogP contribution is 2.35. The number of benzene rings is 2. The van der Waals surface area contributed by atoms with E-state index in [4.69, 9.17) is 0 Å². The number of pyridine rings is 2. The lowest BCUT2D eigenvalue weighted by molar-refractivity contribution is -0.138. The third-order valence-corrected chi connectivity index (χ3v) is 14.8. The van der Waals surface area contributed by atoms with Gasteiger partial charge in [0.05, 0.1) is 24.2 Å². The van der Waals surface area contributed by atoms with Crippen molar-refractivity contribution in [1.82, 2.24) is 51.7 Å². The molecule has 20 heteroatoms. The van der Waals surface area contributed by atoms with Gasteiger partial charge in [0.1, 0.15) is 23.7 Å². The molecule has 0 aliphatic carbocycles. The molecule has 6 rings (SSSR count). The van der Waals surface area contributed by atoms with Gasteiger partial charge in [-0.1, -0.05) is 6.42 Å². The van der Waals surface area contributed by atoms with Crippen molar-refractivity contribution in [2.24, 2.45) is 0 Å². The van der Waals surface area contributed by atoms with Crippen molar-refractivity contribution in [3.05, 3.63) is 130 Å². The lowest BCUT2D eigenvalue weighted by Crippen LogP contribution is -2.52. The van der Waals surface area contributed by atoms with Crippen molar-refractivity contribution in [2.75, 3.05) is 40.3 Å². The number of carbonyl (C=O) groups is 8. The molecule has 0 bridgehead atoms. The zero-order valence-corrected chi connectivity index (χ0v) is 45.8. The number of rotatable bonds is 30. The molecule has 6 N–H and O–H groups in total. The van der Waals surface area contributed by atoms with E-state index >= 15 is 0 Å². The number of ketones is 2. The summed E-state index contributed by atoms with van der Waals surface area (Å²) in [5.74, 6) is -2.86. The highest BCUT2D eigenvalue weighted by atomic mass is 19.1. The van der Waals surface area contributed by atoms with Crippen molar-refractivity contribution in [1.29, 1.82) is 0 Å². The largest absolute Gasteiger partial charge is 0.356 e. The maximum Gasteiger partial charge on any atom is 0.245 e. The van der Waals surface area contributed by atoms with Gasteiger partial charge in [-0.25, -0.2) is 8.78 Å². The maximum atomic E-state index is 14.2. The number of unbranched alkanes of at least 4 members (excludes halogenated alkanes) is 4. The van der Waals surface area contributed by atoms with Crippen molar-refractivity contribution in [3.63, 3.8) is 0 Å². The minimum Gasteiger partial charge on any atom is -0.356 e. The van der Waals surface area contributed by atoms with Crippen LogP contribution in [0.5, 0.6) is 0 Å². The normalized spacial score (nSPS) is 16.6. The Morgan fingerprint density at radius 1 is 0.532 bits per heavy atom. The molecule has 0 radical (unpaired) electrons. The smallest absolute Gasteiger partial charge is 0.245 e. The minimum atomic E-state index is -0.815. The topological polar surface area (TPSA) is 241 Å². The average molecular weight is 1090 g/mol. The van der Waals surface area contributed by atoms with Crippen LogP contribution in [0.2, 0.25) is 0 Å². The number of carbonyl (C=O) groups excluding carboxylic acids is 8. The second-order valence-corrected chi connectivity index (χ2v) is 20.5. The second kappa shape index (κ2) is 30.7. The number of halogens is 2. The standard InChI is InChI=1S/C59H76F2N10O8/c1-38(62-3)56(76)68-48(58(78)70-30-12-16-50(70)42-32-44(36-64-34-42)54(74)40-20-24-46(60)25-21-40)14-8-10-28-66-52(72)18-6-5-7-19-53(73)67-29-11-9-15-49(69-57(77)39(2)63-4)59(79)71-31-13-17-51(71)43-33-45(37-65-35-43)55(75)41-22-26-47(61)27-23-41/h20-27,32-39,48-51,62-63H,5-19,28-31H2,1-4H3,(H,66,72)(H,67,73)(H,68,76)(H,69,77)/t38-,39-,48-,49-,50-,51-/m0/s1. The first-order valence-electron chi connectivity index (χ1n) is 27.7. The molecular weight excluding hydrogens is 1010 g/mol. The molecule has 18 nitrogen and oxygen atoms in total. The van der Waals surface area contributed by atoms with Gasteiger partial charge in [-0.05, 0) is 177 Å². The number of likely N-dealkylation sites (N-methyl/N-ethyl adjacent to an activating group) is 2. The summed E-state index contributed by atoms with van der Waals surface area (Å²) in [6, 6.07) is 10.6. The lowest BCUT2D eigenvalue weighted by atomic mass is 9.99. The monoisotopic (exact) mass is 1090 g/mol. The highest BCUT2D eigenvalue weighted by Gasteiger charge is 2.37. The van der Waals surface area contributed by atoms with E-state index in [9.17, 15) is 47.1 Å². The summed E-state index contributed by atoms with van der Waals surface area (Å²) in [5.41, 5.74) is 2.67. The molecule has 0 unspecified atom stereocenters. The van der Waals surface area contributed by atoms with Crippen LogP contribution in [-0.4, -0.2) is 131 Å². The van der Waals surface area contributed by atoms with Crippen LogP contribution in [0.15, 0.2) is 85.5 Å². The molecule has 6 amide bonds. The van der Waals surface area contributed by atoms with E-state index in [2.05, 4.69) is 41.9 Å². The molecule has 2 aromatic heterocycles. The number of amides is 6. The van der Waals surface area contributed by atoms with Crippen LogP contribution in [-0.2, 0) is 28.8 Å². The number of nitrogens with one attached hydrogen (secondary N) is 6.